The Morgan fingerprint density at radius 3 is 2.59 bits per heavy atom. The summed E-state index contributed by atoms with van der Waals surface area (Å²) in [6.45, 7) is 5.76. The molecule has 3 N–H and O–H groups in total. The predicted molar refractivity (Wildman–Crippen MR) is 142 cm³/mol. The molecule has 2 saturated heterocycles. The van der Waals surface area contributed by atoms with E-state index in [2.05, 4.69) is 20.2 Å². The number of aliphatic hydroxyl groups excluding tert-OH is 2. The first kappa shape index (κ1) is 25.2. The summed E-state index contributed by atoms with van der Waals surface area (Å²) in [7, 11) is 0. The molecule has 2 aliphatic heterocycles. The number of hydrogen-bond acceptors (Lipinski definition) is 10. The van der Waals surface area contributed by atoms with E-state index in [4.69, 9.17) is 9.97 Å². The van der Waals surface area contributed by atoms with E-state index >= 15 is 0 Å². The van der Waals surface area contributed by atoms with Crippen LogP contribution < -0.4 is 15.1 Å². The quantitative estimate of drug-likeness (QED) is 0.438. The highest BCUT2D eigenvalue weighted by atomic mass is 16.3. The lowest BCUT2D eigenvalue weighted by molar-refractivity contribution is -0.119. The zero-order chi connectivity index (χ0) is 25.8. The van der Waals surface area contributed by atoms with Crippen LogP contribution in [0.1, 0.15) is 44.4 Å². The van der Waals surface area contributed by atoms with E-state index in [9.17, 15) is 15.0 Å². The van der Waals surface area contributed by atoms with Gasteiger partial charge in [-0.25, -0.2) is 19.9 Å². The molecule has 0 spiro atoms. The lowest BCUT2D eigenvalue weighted by Gasteiger charge is -2.29. The molecule has 0 bridgehead atoms. The Labute approximate surface area is 216 Å². The Morgan fingerprint density at radius 2 is 1.86 bits per heavy atom. The first-order valence-corrected chi connectivity index (χ1v) is 13.0. The summed E-state index contributed by atoms with van der Waals surface area (Å²) in [5, 5.41) is 23.4. The summed E-state index contributed by atoms with van der Waals surface area (Å²) in [5.74, 6) is 1.75. The molecule has 3 aromatic heterocycles. The minimum Gasteiger partial charge on any atom is -0.395 e. The van der Waals surface area contributed by atoms with Crippen molar-refractivity contribution in [1.29, 1.82) is 0 Å². The van der Waals surface area contributed by atoms with Crippen molar-refractivity contribution in [3.05, 3.63) is 36.3 Å². The molecule has 2 fully saturated rings. The SMILES string of the molecule is C[C@@H](O)c1cc2cnc(Nc3ccc(N4CCCN(CCO)CC4=O)cn3)nc2c(N2CCCCC2)n1. The number of anilines is 4. The number of carbonyl (C=O) groups excluding carboxylic acids is 1. The van der Waals surface area contributed by atoms with Crippen molar-refractivity contribution in [2.45, 2.75) is 38.7 Å². The minimum absolute atomic E-state index is 0.000584. The monoisotopic (exact) mass is 506 g/mol. The van der Waals surface area contributed by atoms with Crippen molar-refractivity contribution < 1.29 is 15.0 Å². The van der Waals surface area contributed by atoms with Crippen LogP contribution in [0.3, 0.4) is 0 Å². The summed E-state index contributed by atoms with van der Waals surface area (Å²) in [4.78, 5) is 37.2. The number of β-amino-alcohol motifs (C(OH)–C–C–N with tert-alkyl or cyclic N) is 1. The largest absolute Gasteiger partial charge is 0.395 e. The van der Waals surface area contributed by atoms with Gasteiger partial charge in [0, 0.05) is 44.3 Å². The molecule has 2 aliphatic rings. The average Bonchev–Trinajstić information content (AvgIpc) is 3.10. The predicted octanol–water partition coefficient (Wildman–Crippen LogP) is 2.24. The molecule has 0 saturated carbocycles. The first-order chi connectivity index (χ1) is 18.0. The molecule has 0 aliphatic carbocycles. The topological polar surface area (TPSA) is 131 Å². The Kier molecular flexibility index (Phi) is 7.73. The third-order valence-corrected chi connectivity index (χ3v) is 6.88. The molecule has 0 radical (unpaired) electrons. The van der Waals surface area contributed by atoms with Crippen LogP contribution in [0.2, 0.25) is 0 Å². The molecule has 0 unspecified atom stereocenters. The number of nitrogens with one attached hydrogen (secondary N) is 1. The van der Waals surface area contributed by atoms with Crippen LogP contribution in [0.5, 0.6) is 0 Å². The second-order valence-corrected chi connectivity index (χ2v) is 9.65. The van der Waals surface area contributed by atoms with Crippen LogP contribution in [0.4, 0.5) is 23.3 Å². The summed E-state index contributed by atoms with van der Waals surface area (Å²) in [6, 6.07) is 5.52. The van der Waals surface area contributed by atoms with Gasteiger partial charge in [0.2, 0.25) is 11.9 Å². The van der Waals surface area contributed by atoms with Crippen LogP contribution in [0.25, 0.3) is 10.9 Å². The smallest absolute Gasteiger partial charge is 0.241 e. The Balaban J connectivity index is 1.36. The zero-order valence-electron chi connectivity index (χ0n) is 21.2. The molecule has 5 heterocycles. The van der Waals surface area contributed by atoms with E-state index in [1.54, 1.807) is 24.2 Å². The van der Waals surface area contributed by atoms with Gasteiger partial charge in [0.15, 0.2) is 5.82 Å². The molecule has 37 heavy (non-hydrogen) atoms. The summed E-state index contributed by atoms with van der Waals surface area (Å²) >= 11 is 0. The first-order valence-electron chi connectivity index (χ1n) is 13.0. The van der Waals surface area contributed by atoms with Crippen molar-refractivity contribution in [1.82, 2.24) is 24.8 Å². The maximum absolute atomic E-state index is 12.7. The Bertz CT molecular complexity index is 1230. The van der Waals surface area contributed by atoms with Gasteiger partial charge in [0.05, 0.1) is 36.8 Å². The minimum atomic E-state index is -0.678. The number of aliphatic hydroxyl groups is 2. The van der Waals surface area contributed by atoms with Crippen molar-refractivity contribution >= 4 is 40.1 Å². The van der Waals surface area contributed by atoms with Gasteiger partial charge in [-0.3, -0.25) is 9.69 Å². The molecular weight excluding hydrogens is 472 g/mol. The Morgan fingerprint density at radius 1 is 1.03 bits per heavy atom. The van der Waals surface area contributed by atoms with E-state index in [1.165, 1.54) is 6.42 Å². The van der Waals surface area contributed by atoms with Crippen molar-refractivity contribution in [3.63, 3.8) is 0 Å². The van der Waals surface area contributed by atoms with Gasteiger partial charge in [-0.1, -0.05) is 0 Å². The van der Waals surface area contributed by atoms with Gasteiger partial charge < -0.3 is 25.3 Å². The van der Waals surface area contributed by atoms with Crippen LogP contribution in [-0.4, -0.2) is 86.8 Å². The number of fused-ring (bicyclic) bond motifs is 1. The van der Waals surface area contributed by atoms with Gasteiger partial charge >= 0.3 is 0 Å². The molecule has 11 nitrogen and oxygen atoms in total. The summed E-state index contributed by atoms with van der Waals surface area (Å²) in [5.41, 5.74) is 2.09. The third-order valence-electron chi connectivity index (χ3n) is 6.88. The van der Waals surface area contributed by atoms with Crippen molar-refractivity contribution in [2.24, 2.45) is 0 Å². The average molecular weight is 507 g/mol. The van der Waals surface area contributed by atoms with Crippen LogP contribution in [0.15, 0.2) is 30.6 Å². The van der Waals surface area contributed by atoms with Gasteiger partial charge in [-0.05, 0) is 50.8 Å². The molecule has 3 aromatic rings. The third kappa shape index (κ3) is 5.79. The number of piperidine rings is 1. The Hall–Kier alpha value is -3.41. The highest BCUT2D eigenvalue weighted by molar-refractivity contribution is 5.95. The van der Waals surface area contributed by atoms with Gasteiger partial charge in [0.1, 0.15) is 11.3 Å². The second kappa shape index (κ2) is 11.3. The zero-order valence-corrected chi connectivity index (χ0v) is 21.2. The fraction of sp³-hybridized carbons (Fsp3) is 0.500. The van der Waals surface area contributed by atoms with Gasteiger partial charge in [-0.2, -0.15) is 0 Å². The number of carbonyl (C=O) groups is 1. The van der Waals surface area contributed by atoms with Crippen LogP contribution in [-0.2, 0) is 4.79 Å². The molecule has 196 valence electrons. The van der Waals surface area contributed by atoms with E-state index < -0.39 is 6.10 Å². The van der Waals surface area contributed by atoms with E-state index in [0.717, 1.165) is 61.3 Å². The van der Waals surface area contributed by atoms with E-state index in [-0.39, 0.29) is 19.1 Å². The number of pyridine rings is 2. The van der Waals surface area contributed by atoms with Gasteiger partial charge in [-0.15, -0.1) is 0 Å². The highest BCUT2D eigenvalue weighted by Gasteiger charge is 2.23. The van der Waals surface area contributed by atoms with E-state index in [0.29, 0.717) is 30.5 Å². The fourth-order valence-corrected chi connectivity index (χ4v) is 4.92. The molecule has 11 heteroatoms. The number of hydrogen-bond donors (Lipinski definition) is 3. The van der Waals surface area contributed by atoms with Gasteiger partial charge in [0.25, 0.3) is 0 Å². The second-order valence-electron chi connectivity index (χ2n) is 9.65. The van der Waals surface area contributed by atoms with Crippen molar-refractivity contribution in [2.75, 3.05) is 61.0 Å². The molecular formula is C26H34N8O3. The lowest BCUT2D eigenvalue weighted by atomic mass is 10.1. The maximum Gasteiger partial charge on any atom is 0.241 e. The van der Waals surface area contributed by atoms with E-state index in [1.807, 2.05) is 23.1 Å². The molecule has 0 aromatic carbocycles. The van der Waals surface area contributed by atoms with Crippen LogP contribution >= 0.6 is 0 Å². The number of amides is 1. The maximum atomic E-state index is 12.7. The number of rotatable bonds is 7. The lowest BCUT2D eigenvalue weighted by Crippen LogP contribution is -2.37. The van der Waals surface area contributed by atoms with Crippen molar-refractivity contribution in [3.8, 4) is 0 Å². The number of aromatic nitrogens is 4. The summed E-state index contributed by atoms with van der Waals surface area (Å²) < 4.78 is 0. The normalized spacial score (nSPS) is 18.2. The molecule has 1 amide bonds. The number of nitrogens with zero attached hydrogens (tertiary/aromatic N) is 7. The molecule has 1 atom stereocenters. The summed E-state index contributed by atoms with van der Waals surface area (Å²) in [6.07, 6.45) is 6.99. The highest BCUT2D eigenvalue weighted by Crippen LogP contribution is 2.29. The van der Waals surface area contributed by atoms with Crippen LogP contribution in [0, 0.1) is 0 Å². The fourth-order valence-electron chi connectivity index (χ4n) is 4.92. The standard InChI is InChI=1S/C26H34N8O3/c1-18(36)21-14-19-15-28-26(31-24(19)25(29-21)33-9-3-2-4-10-33)30-22-7-6-20(16-27-22)34-11-5-8-32(12-13-35)17-23(34)37/h6-7,14-16,18,35-36H,2-5,8-13,17H2,1H3,(H,27,28,30,31)/t18-/m1/s1. The molecule has 5 rings (SSSR count).